The van der Waals surface area contributed by atoms with Gasteiger partial charge in [0.15, 0.2) is 5.96 Å². The van der Waals surface area contributed by atoms with Crippen LogP contribution in [0.1, 0.15) is 33.4 Å². The number of carbonyl (C=O) groups excluding carboxylic acids is 1. The second-order valence-electron chi connectivity index (χ2n) is 5.84. The molecule has 0 spiro atoms. The molecule has 0 unspecified atom stereocenters. The molecule has 1 heterocycles. The minimum absolute atomic E-state index is 0. The largest absolute Gasteiger partial charge is 0.416 e. The summed E-state index contributed by atoms with van der Waals surface area (Å²) >= 11 is 1.29. The maximum absolute atomic E-state index is 12.6. The molecule has 2 aromatic rings. The fourth-order valence-corrected chi connectivity index (χ4v) is 2.99. The van der Waals surface area contributed by atoms with Crippen molar-refractivity contribution in [1.82, 2.24) is 20.9 Å². The number of alkyl halides is 3. The summed E-state index contributed by atoms with van der Waals surface area (Å²) < 4.78 is 37.8. The maximum Gasteiger partial charge on any atom is 0.416 e. The molecule has 3 N–H and O–H groups in total. The number of carbonyl (C=O) groups is 1. The van der Waals surface area contributed by atoms with Crippen molar-refractivity contribution in [2.24, 2.45) is 4.99 Å². The summed E-state index contributed by atoms with van der Waals surface area (Å²) in [5.74, 6) is 0.346. The van der Waals surface area contributed by atoms with Crippen LogP contribution in [0.25, 0.3) is 0 Å². The van der Waals surface area contributed by atoms with E-state index in [-0.39, 0.29) is 36.4 Å². The Bertz CT molecular complexity index is 809. The summed E-state index contributed by atoms with van der Waals surface area (Å²) in [7, 11) is 0. The number of guanidine groups is 1. The van der Waals surface area contributed by atoms with Gasteiger partial charge < -0.3 is 16.0 Å². The van der Waals surface area contributed by atoms with Gasteiger partial charge in [0, 0.05) is 19.6 Å². The van der Waals surface area contributed by atoms with E-state index in [1.165, 1.54) is 23.5 Å². The second-order valence-corrected chi connectivity index (χ2v) is 6.69. The Kier molecular flexibility index (Phi) is 10.4. The van der Waals surface area contributed by atoms with Crippen LogP contribution in [0.3, 0.4) is 0 Å². The zero-order valence-electron chi connectivity index (χ0n) is 16.0. The summed E-state index contributed by atoms with van der Waals surface area (Å²) in [5, 5.41) is 8.92. The first-order valence-electron chi connectivity index (χ1n) is 8.68. The molecular formula is C18H23F3IN5OS. The highest BCUT2D eigenvalue weighted by Crippen LogP contribution is 2.29. The first kappa shape index (κ1) is 25.1. The van der Waals surface area contributed by atoms with Crippen LogP contribution in [-0.4, -0.2) is 36.5 Å². The number of hydrogen-bond acceptors (Lipinski definition) is 4. The number of aliphatic imine (C=N–C) groups is 1. The topological polar surface area (TPSA) is 78.4 Å². The van der Waals surface area contributed by atoms with E-state index in [1.54, 1.807) is 12.4 Å². The number of hydrogen-bond donors (Lipinski definition) is 3. The number of rotatable bonds is 7. The molecular weight excluding hydrogens is 518 g/mol. The van der Waals surface area contributed by atoms with Crippen molar-refractivity contribution < 1.29 is 18.0 Å². The van der Waals surface area contributed by atoms with E-state index in [9.17, 15) is 18.0 Å². The Balaban J connectivity index is 0.00000420. The van der Waals surface area contributed by atoms with Gasteiger partial charge in [-0.15, -0.1) is 35.3 Å². The molecule has 1 amide bonds. The van der Waals surface area contributed by atoms with Gasteiger partial charge in [-0.2, -0.15) is 13.2 Å². The molecule has 1 aromatic heterocycles. The number of aromatic nitrogens is 1. The van der Waals surface area contributed by atoms with Crippen molar-refractivity contribution in [3.8, 4) is 0 Å². The van der Waals surface area contributed by atoms with Crippen LogP contribution >= 0.6 is 35.3 Å². The van der Waals surface area contributed by atoms with Crippen molar-refractivity contribution in [1.29, 1.82) is 0 Å². The van der Waals surface area contributed by atoms with Gasteiger partial charge in [-0.05, 0) is 31.5 Å². The van der Waals surface area contributed by atoms with E-state index in [2.05, 4.69) is 25.9 Å². The van der Waals surface area contributed by atoms with Crippen LogP contribution in [-0.2, 0) is 12.7 Å². The first-order valence-corrected chi connectivity index (χ1v) is 9.55. The zero-order valence-corrected chi connectivity index (χ0v) is 19.1. The van der Waals surface area contributed by atoms with Gasteiger partial charge >= 0.3 is 6.18 Å². The minimum atomic E-state index is -4.35. The van der Waals surface area contributed by atoms with E-state index in [0.29, 0.717) is 41.7 Å². The van der Waals surface area contributed by atoms with Crippen LogP contribution in [0.4, 0.5) is 13.2 Å². The zero-order chi connectivity index (χ0) is 20.6. The van der Waals surface area contributed by atoms with Gasteiger partial charge in [-0.1, -0.05) is 12.1 Å². The Morgan fingerprint density at radius 1 is 1.14 bits per heavy atom. The molecule has 2 rings (SSSR count). The predicted octanol–water partition coefficient (Wildman–Crippen LogP) is 3.57. The number of benzene rings is 1. The van der Waals surface area contributed by atoms with Crippen LogP contribution in [0.5, 0.6) is 0 Å². The van der Waals surface area contributed by atoms with Gasteiger partial charge in [0.25, 0.3) is 5.91 Å². The van der Waals surface area contributed by atoms with Crippen molar-refractivity contribution >= 4 is 47.2 Å². The molecule has 0 atom stereocenters. The normalized spacial score (nSPS) is 11.6. The molecule has 11 heteroatoms. The number of aryl methyl sites for hydroxylation is 1. The summed E-state index contributed by atoms with van der Waals surface area (Å²) in [4.78, 5) is 21.0. The quantitative estimate of drug-likeness (QED) is 0.217. The van der Waals surface area contributed by atoms with E-state index >= 15 is 0 Å². The van der Waals surface area contributed by atoms with Crippen LogP contribution in [0.15, 0.2) is 34.8 Å². The molecule has 0 radical (unpaired) electrons. The molecule has 0 aliphatic rings. The molecule has 0 fully saturated rings. The van der Waals surface area contributed by atoms with Gasteiger partial charge in [-0.25, -0.2) is 9.98 Å². The molecule has 160 valence electrons. The Morgan fingerprint density at radius 2 is 1.79 bits per heavy atom. The molecule has 0 saturated carbocycles. The number of thiazole rings is 1. The lowest BCUT2D eigenvalue weighted by atomic mass is 10.1. The second kappa shape index (κ2) is 12.0. The standard InChI is InChI=1S/C18H22F3N5OS.HI/c1-3-22-17(24-9-8-23-16(27)15-12(2)26-11-28-15)25-10-13-4-6-14(7-5-13)18(19,20)21;/h4-7,11H,3,8-10H2,1-2H3,(H,23,27)(H2,22,24,25);1H. The fraction of sp³-hybridized carbons (Fsp3) is 0.389. The molecule has 1 aromatic carbocycles. The van der Waals surface area contributed by atoms with E-state index < -0.39 is 11.7 Å². The number of nitrogens with zero attached hydrogens (tertiary/aromatic N) is 2. The number of nitrogens with one attached hydrogen (secondary N) is 3. The summed E-state index contributed by atoms with van der Waals surface area (Å²) in [5.41, 5.74) is 2.30. The van der Waals surface area contributed by atoms with Gasteiger partial charge in [0.05, 0.1) is 23.3 Å². The third-order valence-electron chi connectivity index (χ3n) is 3.70. The van der Waals surface area contributed by atoms with Gasteiger partial charge in [0.1, 0.15) is 4.88 Å². The number of halogens is 4. The molecule has 0 bridgehead atoms. The smallest absolute Gasteiger partial charge is 0.357 e. The summed E-state index contributed by atoms with van der Waals surface area (Å²) in [6.45, 7) is 5.39. The molecule has 0 saturated heterocycles. The van der Waals surface area contributed by atoms with E-state index in [4.69, 9.17) is 0 Å². The van der Waals surface area contributed by atoms with Crippen LogP contribution in [0.2, 0.25) is 0 Å². The monoisotopic (exact) mass is 541 g/mol. The van der Waals surface area contributed by atoms with Crippen LogP contribution < -0.4 is 16.0 Å². The Hall–Kier alpha value is -1.89. The fourth-order valence-electron chi connectivity index (χ4n) is 2.27. The van der Waals surface area contributed by atoms with Crippen molar-refractivity contribution in [2.45, 2.75) is 26.6 Å². The SMILES string of the molecule is CCNC(=NCc1ccc(C(F)(F)F)cc1)NCCNC(=O)c1scnc1C.I. The van der Waals surface area contributed by atoms with E-state index in [0.717, 1.165) is 12.1 Å². The highest BCUT2D eigenvalue weighted by atomic mass is 127. The van der Waals surface area contributed by atoms with E-state index in [1.807, 2.05) is 6.92 Å². The van der Waals surface area contributed by atoms with Gasteiger partial charge in [0.2, 0.25) is 0 Å². The highest BCUT2D eigenvalue weighted by molar-refractivity contribution is 14.0. The van der Waals surface area contributed by atoms with Crippen molar-refractivity contribution in [3.63, 3.8) is 0 Å². The van der Waals surface area contributed by atoms with Crippen molar-refractivity contribution in [2.75, 3.05) is 19.6 Å². The Morgan fingerprint density at radius 3 is 2.34 bits per heavy atom. The molecule has 0 aliphatic carbocycles. The lowest BCUT2D eigenvalue weighted by Crippen LogP contribution is -2.41. The third kappa shape index (κ3) is 8.17. The number of amides is 1. The summed E-state index contributed by atoms with van der Waals surface area (Å²) in [6.07, 6.45) is -4.35. The predicted molar refractivity (Wildman–Crippen MR) is 119 cm³/mol. The summed E-state index contributed by atoms with van der Waals surface area (Å²) in [6, 6.07) is 4.91. The minimum Gasteiger partial charge on any atom is -0.357 e. The third-order valence-corrected chi connectivity index (χ3v) is 4.63. The lowest BCUT2D eigenvalue weighted by Gasteiger charge is -2.12. The Labute approximate surface area is 188 Å². The first-order chi connectivity index (χ1) is 13.3. The molecule has 0 aliphatic heterocycles. The molecule has 29 heavy (non-hydrogen) atoms. The highest BCUT2D eigenvalue weighted by Gasteiger charge is 2.29. The maximum atomic E-state index is 12.6. The van der Waals surface area contributed by atoms with Crippen LogP contribution in [0, 0.1) is 6.92 Å². The average Bonchev–Trinajstić information content (AvgIpc) is 3.08. The average molecular weight is 541 g/mol. The van der Waals surface area contributed by atoms with Gasteiger partial charge in [-0.3, -0.25) is 4.79 Å². The lowest BCUT2D eigenvalue weighted by molar-refractivity contribution is -0.137. The molecule has 6 nitrogen and oxygen atoms in total. The van der Waals surface area contributed by atoms with Crippen molar-refractivity contribution in [3.05, 3.63) is 51.5 Å².